The first-order chi connectivity index (χ1) is 8.70. The van der Waals surface area contributed by atoms with E-state index in [-0.39, 0.29) is 11.8 Å². The van der Waals surface area contributed by atoms with Crippen molar-refractivity contribution in [3.8, 4) is 5.75 Å². The normalized spacial score (nSPS) is 12.2. The number of hydrogen-bond donors (Lipinski definition) is 1. The molecule has 5 heteroatoms. The maximum atomic E-state index is 13.5. The van der Waals surface area contributed by atoms with Crippen molar-refractivity contribution in [3.63, 3.8) is 0 Å². The molecule has 1 aromatic heterocycles. The van der Waals surface area contributed by atoms with E-state index in [0.717, 1.165) is 5.56 Å². The largest absolute Gasteiger partial charge is 0.494 e. The number of nitrogens with zero attached hydrogens (tertiary/aromatic N) is 2. The molecule has 0 bridgehead atoms. The number of benzene rings is 1. The van der Waals surface area contributed by atoms with Gasteiger partial charge in [0, 0.05) is 12.4 Å². The van der Waals surface area contributed by atoms with Gasteiger partial charge in [0.05, 0.1) is 13.2 Å². The summed E-state index contributed by atoms with van der Waals surface area (Å²) in [5.74, 6) is 0.383. The van der Waals surface area contributed by atoms with Crippen LogP contribution in [0.25, 0.3) is 0 Å². The molecular weight excluding hydrogens is 233 g/mol. The van der Waals surface area contributed by atoms with Gasteiger partial charge < -0.3 is 10.5 Å². The van der Waals surface area contributed by atoms with E-state index in [1.54, 1.807) is 30.6 Å². The Bertz CT molecular complexity index is 519. The smallest absolute Gasteiger partial charge is 0.165 e. The fourth-order valence-corrected chi connectivity index (χ4v) is 1.68. The molecule has 0 fully saturated rings. The second-order valence-electron chi connectivity index (χ2n) is 3.89. The van der Waals surface area contributed by atoms with Crippen molar-refractivity contribution < 1.29 is 9.13 Å². The van der Waals surface area contributed by atoms with Crippen molar-refractivity contribution in [3.05, 3.63) is 53.9 Å². The zero-order chi connectivity index (χ0) is 13.0. The predicted octanol–water partition coefficient (Wildman–Crippen LogP) is 1.87. The standard InChI is InChI=1S/C13H14FN3O/c1-18-12-4-3-9(7-10(12)14)8-11(15)13-16-5-2-6-17-13/h2-7,11H,8,15H2,1H3. The minimum atomic E-state index is -0.392. The second kappa shape index (κ2) is 5.55. The quantitative estimate of drug-likeness (QED) is 0.895. The Morgan fingerprint density at radius 2 is 2.06 bits per heavy atom. The maximum absolute atomic E-state index is 13.5. The molecule has 2 aromatic rings. The highest BCUT2D eigenvalue weighted by atomic mass is 19.1. The minimum Gasteiger partial charge on any atom is -0.494 e. The fourth-order valence-electron chi connectivity index (χ4n) is 1.68. The third kappa shape index (κ3) is 2.81. The van der Waals surface area contributed by atoms with Crippen LogP contribution < -0.4 is 10.5 Å². The highest BCUT2D eigenvalue weighted by Crippen LogP contribution is 2.20. The first-order valence-electron chi connectivity index (χ1n) is 5.55. The number of rotatable bonds is 4. The Kier molecular flexibility index (Phi) is 3.84. The lowest BCUT2D eigenvalue weighted by atomic mass is 10.1. The Labute approximate surface area is 105 Å². The van der Waals surface area contributed by atoms with E-state index in [9.17, 15) is 4.39 Å². The predicted molar refractivity (Wildman–Crippen MR) is 65.6 cm³/mol. The molecule has 1 atom stereocenters. The van der Waals surface area contributed by atoms with Gasteiger partial charge in [-0.25, -0.2) is 14.4 Å². The molecule has 0 saturated heterocycles. The van der Waals surface area contributed by atoms with Gasteiger partial charge in [0.2, 0.25) is 0 Å². The van der Waals surface area contributed by atoms with Crippen molar-refractivity contribution in [2.45, 2.75) is 12.5 Å². The van der Waals surface area contributed by atoms with Gasteiger partial charge in [-0.3, -0.25) is 0 Å². The minimum absolute atomic E-state index is 0.225. The molecule has 1 unspecified atom stereocenters. The molecule has 0 aliphatic heterocycles. The van der Waals surface area contributed by atoms with Crippen molar-refractivity contribution in [1.29, 1.82) is 0 Å². The van der Waals surface area contributed by atoms with Gasteiger partial charge in [-0.1, -0.05) is 6.07 Å². The zero-order valence-electron chi connectivity index (χ0n) is 10.0. The molecule has 94 valence electrons. The summed E-state index contributed by atoms with van der Waals surface area (Å²) < 4.78 is 18.4. The van der Waals surface area contributed by atoms with E-state index >= 15 is 0 Å². The van der Waals surface area contributed by atoms with Gasteiger partial charge >= 0.3 is 0 Å². The third-order valence-electron chi connectivity index (χ3n) is 2.59. The average molecular weight is 247 g/mol. The lowest BCUT2D eigenvalue weighted by molar-refractivity contribution is 0.386. The summed E-state index contributed by atoms with van der Waals surface area (Å²) in [6, 6.07) is 6.16. The summed E-state index contributed by atoms with van der Waals surface area (Å²) in [4.78, 5) is 8.15. The van der Waals surface area contributed by atoms with Crippen LogP contribution in [0.4, 0.5) is 4.39 Å². The van der Waals surface area contributed by atoms with Crippen LogP contribution >= 0.6 is 0 Å². The highest BCUT2D eigenvalue weighted by molar-refractivity contribution is 5.30. The number of ether oxygens (including phenoxy) is 1. The first-order valence-corrected chi connectivity index (χ1v) is 5.55. The fraction of sp³-hybridized carbons (Fsp3) is 0.231. The van der Waals surface area contributed by atoms with Crippen LogP contribution in [0.5, 0.6) is 5.75 Å². The molecule has 1 aromatic carbocycles. The molecule has 2 N–H and O–H groups in total. The first kappa shape index (κ1) is 12.4. The van der Waals surface area contributed by atoms with Crippen LogP contribution in [-0.2, 0) is 6.42 Å². The summed E-state index contributed by atoms with van der Waals surface area (Å²) >= 11 is 0. The number of hydrogen-bond acceptors (Lipinski definition) is 4. The summed E-state index contributed by atoms with van der Waals surface area (Å²) in [5.41, 5.74) is 6.75. The maximum Gasteiger partial charge on any atom is 0.165 e. The van der Waals surface area contributed by atoms with Crippen molar-refractivity contribution >= 4 is 0 Å². The molecule has 0 aliphatic rings. The second-order valence-corrected chi connectivity index (χ2v) is 3.89. The van der Waals surface area contributed by atoms with E-state index in [4.69, 9.17) is 10.5 Å². The van der Waals surface area contributed by atoms with Crippen LogP contribution in [-0.4, -0.2) is 17.1 Å². The van der Waals surface area contributed by atoms with Crippen LogP contribution in [0.1, 0.15) is 17.4 Å². The van der Waals surface area contributed by atoms with E-state index in [1.807, 2.05) is 0 Å². The molecule has 0 amide bonds. The molecule has 18 heavy (non-hydrogen) atoms. The van der Waals surface area contributed by atoms with E-state index < -0.39 is 5.82 Å². The van der Waals surface area contributed by atoms with Crippen LogP contribution in [0.15, 0.2) is 36.7 Å². The van der Waals surface area contributed by atoms with Crippen molar-refractivity contribution in [1.82, 2.24) is 9.97 Å². The van der Waals surface area contributed by atoms with E-state index in [0.29, 0.717) is 12.2 Å². The monoisotopic (exact) mass is 247 g/mol. The van der Waals surface area contributed by atoms with E-state index in [1.165, 1.54) is 13.2 Å². The number of methoxy groups -OCH3 is 1. The molecule has 1 heterocycles. The number of halogens is 1. The number of aromatic nitrogens is 2. The Morgan fingerprint density at radius 3 is 2.67 bits per heavy atom. The summed E-state index contributed by atoms with van der Waals surface area (Å²) in [7, 11) is 1.43. The summed E-state index contributed by atoms with van der Waals surface area (Å²) in [6.45, 7) is 0. The van der Waals surface area contributed by atoms with E-state index in [2.05, 4.69) is 9.97 Å². The molecule has 4 nitrogen and oxygen atoms in total. The summed E-state index contributed by atoms with van der Waals surface area (Å²) in [6.07, 6.45) is 3.75. The topological polar surface area (TPSA) is 61.0 Å². The molecule has 2 rings (SSSR count). The van der Waals surface area contributed by atoms with Crippen molar-refractivity contribution in [2.75, 3.05) is 7.11 Å². The van der Waals surface area contributed by atoms with Gasteiger partial charge in [0.25, 0.3) is 0 Å². The van der Waals surface area contributed by atoms with Gasteiger partial charge in [-0.2, -0.15) is 0 Å². The van der Waals surface area contributed by atoms with Gasteiger partial charge in [-0.05, 0) is 30.2 Å². The molecule has 0 radical (unpaired) electrons. The SMILES string of the molecule is COc1ccc(CC(N)c2ncccn2)cc1F. The third-order valence-corrected chi connectivity index (χ3v) is 2.59. The average Bonchev–Trinajstić information content (AvgIpc) is 2.40. The van der Waals surface area contributed by atoms with Crippen LogP contribution in [0.2, 0.25) is 0 Å². The van der Waals surface area contributed by atoms with Gasteiger partial charge in [0.15, 0.2) is 11.6 Å². The Balaban J connectivity index is 2.12. The molecule has 0 aliphatic carbocycles. The Hall–Kier alpha value is -2.01. The lowest BCUT2D eigenvalue weighted by Gasteiger charge is -2.10. The lowest BCUT2D eigenvalue weighted by Crippen LogP contribution is -2.16. The Morgan fingerprint density at radius 1 is 1.33 bits per heavy atom. The van der Waals surface area contributed by atoms with Crippen molar-refractivity contribution in [2.24, 2.45) is 5.73 Å². The highest BCUT2D eigenvalue weighted by Gasteiger charge is 2.11. The molecular formula is C13H14FN3O. The number of nitrogens with two attached hydrogens (primary N) is 1. The molecule has 0 spiro atoms. The van der Waals surface area contributed by atoms with Gasteiger partial charge in [-0.15, -0.1) is 0 Å². The summed E-state index contributed by atoms with van der Waals surface area (Å²) in [5, 5.41) is 0. The zero-order valence-corrected chi connectivity index (χ0v) is 10.0. The molecule has 0 saturated carbocycles. The van der Waals surface area contributed by atoms with Gasteiger partial charge in [0.1, 0.15) is 5.82 Å². The van der Waals surface area contributed by atoms with Crippen LogP contribution in [0, 0.1) is 5.82 Å². The van der Waals surface area contributed by atoms with Crippen LogP contribution in [0.3, 0.4) is 0 Å².